The molecule has 0 aromatic heterocycles. The maximum Gasteiger partial charge on any atom is 0.311 e. The van der Waals surface area contributed by atoms with E-state index >= 15 is 0 Å². The summed E-state index contributed by atoms with van der Waals surface area (Å²) in [6.45, 7) is 1.92. The van der Waals surface area contributed by atoms with Gasteiger partial charge in [-0.15, -0.1) is 0 Å². The van der Waals surface area contributed by atoms with Crippen LogP contribution in [0.5, 0.6) is 5.75 Å². The van der Waals surface area contributed by atoms with E-state index in [1.165, 1.54) is 0 Å². The van der Waals surface area contributed by atoms with Gasteiger partial charge in [-0.05, 0) is 31.4 Å². The first kappa shape index (κ1) is 17.2. The molecule has 0 saturated carbocycles. The minimum atomic E-state index is -0.728. The number of hydrogen-bond donors (Lipinski definition) is 1. The first-order valence-corrected chi connectivity index (χ1v) is 7.57. The zero-order valence-corrected chi connectivity index (χ0v) is 12.6. The van der Waals surface area contributed by atoms with E-state index in [0.717, 1.165) is 44.1 Å². The van der Waals surface area contributed by atoms with Gasteiger partial charge in [-0.25, -0.2) is 0 Å². The van der Waals surface area contributed by atoms with Gasteiger partial charge in [0.05, 0.1) is 0 Å². The molecule has 0 atom stereocenters. The topological polar surface area (TPSA) is 63.6 Å². The highest BCUT2D eigenvalue weighted by molar-refractivity contribution is 5.72. The lowest BCUT2D eigenvalue weighted by Crippen LogP contribution is -2.08. The number of aliphatic carboxylic acids is 1. The van der Waals surface area contributed by atoms with Gasteiger partial charge >= 0.3 is 11.9 Å². The molecule has 0 heterocycles. The summed E-state index contributed by atoms with van der Waals surface area (Å²) >= 11 is 0. The highest BCUT2D eigenvalue weighted by Crippen LogP contribution is 2.17. The minimum Gasteiger partial charge on any atom is -0.481 e. The molecule has 0 aliphatic rings. The van der Waals surface area contributed by atoms with Crippen molar-refractivity contribution in [1.82, 2.24) is 0 Å². The molecule has 4 heteroatoms. The van der Waals surface area contributed by atoms with Crippen LogP contribution in [-0.4, -0.2) is 17.0 Å². The largest absolute Gasteiger partial charge is 0.481 e. The Labute approximate surface area is 126 Å². The lowest BCUT2D eigenvalue weighted by atomic mass is 10.1. The van der Waals surface area contributed by atoms with Crippen molar-refractivity contribution in [3.05, 3.63) is 29.8 Å². The molecule has 1 N–H and O–H groups in total. The number of carboxylic acids is 1. The van der Waals surface area contributed by atoms with Crippen molar-refractivity contribution in [3.63, 3.8) is 0 Å². The molecule has 116 valence electrons. The van der Waals surface area contributed by atoms with E-state index in [1.54, 1.807) is 6.07 Å². The second kappa shape index (κ2) is 9.97. The van der Waals surface area contributed by atoms with Gasteiger partial charge in [-0.2, -0.15) is 0 Å². The Morgan fingerprint density at radius 3 is 2.14 bits per heavy atom. The third kappa shape index (κ3) is 8.12. The van der Waals surface area contributed by atoms with Crippen molar-refractivity contribution in [2.24, 2.45) is 0 Å². The molecule has 4 nitrogen and oxygen atoms in total. The van der Waals surface area contributed by atoms with Crippen LogP contribution in [0.4, 0.5) is 0 Å². The number of para-hydroxylation sites is 1. The number of esters is 1. The minimum absolute atomic E-state index is 0.185. The lowest BCUT2D eigenvalue weighted by molar-refractivity contribution is -0.137. The van der Waals surface area contributed by atoms with Gasteiger partial charge in [0.15, 0.2) is 0 Å². The summed E-state index contributed by atoms with van der Waals surface area (Å²) in [6.07, 6.45) is 6.24. The third-order valence-corrected chi connectivity index (χ3v) is 3.34. The molecular weight excluding hydrogens is 268 g/mol. The highest BCUT2D eigenvalue weighted by atomic mass is 16.5. The fourth-order valence-electron chi connectivity index (χ4n) is 2.10. The second-order valence-electron chi connectivity index (χ2n) is 5.25. The second-order valence-corrected chi connectivity index (χ2v) is 5.25. The third-order valence-electron chi connectivity index (χ3n) is 3.34. The maximum absolute atomic E-state index is 11.7. The van der Waals surface area contributed by atoms with Crippen molar-refractivity contribution >= 4 is 11.9 Å². The molecule has 0 unspecified atom stereocenters. The summed E-state index contributed by atoms with van der Waals surface area (Å²) in [4.78, 5) is 22.0. The van der Waals surface area contributed by atoms with E-state index in [0.29, 0.717) is 12.2 Å². The Morgan fingerprint density at radius 1 is 0.952 bits per heavy atom. The summed E-state index contributed by atoms with van der Waals surface area (Å²) in [6, 6.07) is 7.49. The van der Waals surface area contributed by atoms with Crippen LogP contribution < -0.4 is 4.74 Å². The summed E-state index contributed by atoms with van der Waals surface area (Å²) < 4.78 is 5.31. The molecule has 1 rings (SSSR count). The Hall–Kier alpha value is -1.84. The van der Waals surface area contributed by atoms with Gasteiger partial charge in [-0.1, -0.05) is 43.9 Å². The molecule has 21 heavy (non-hydrogen) atoms. The number of carbonyl (C=O) groups is 2. The number of aryl methyl sites for hydroxylation is 1. The van der Waals surface area contributed by atoms with Gasteiger partial charge in [0.25, 0.3) is 0 Å². The molecule has 0 amide bonds. The van der Waals surface area contributed by atoms with Crippen LogP contribution in [0.15, 0.2) is 24.3 Å². The van der Waals surface area contributed by atoms with Gasteiger partial charge in [0, 0.05) is 12.8 Å². The van der Waals surface area contributed by atoms with E-state index in [9.17, 15) is 9.59 Å². The van der Waals surface area contributed by atoms with Crippen molar-refractivity contribution in [2.75, 3.05) is 0 Å². The quantitative estimate of drug-likeness (QED) is 0.400. The fraction of sp³-hybridized carbons (Fsp3) is 0.529. The standard InChI is InChI=1S/C17H24O4/c1-14-10-8-9-11-15(14)21-17(20)13-7-5-3-2-4-6-12-16(18)19/h8-11H,2-7,12-13H2,1H3,(H,18,19). The molecule has 1 aromatic carbocycles. The summed E-state index contributed by atoms with van der Waals surface area (Å²) in [5, 5.41) is 8.50. The van der Waals surface area contributed by atoms with Crippen LogP contribution in [0.1, 0.15) is 56.9 Å². The predicted octanol–water partition coefficient (Wildman–Crippen LogP) is 4.11. The molecule has 0 bridgehead atoms. The Morgan fingerprint density at radius 2 is 1.52 bits per heavy atom. The number of rotatable bonds is 10. The average Bonchev–Trinajstić information content (AvgIpc) is 2.44. The SMILES string of the molecule is Cc1ccccc1OC(=O)CCCCCCCCC(=O)O. The van der Waals surface area contributed by atoms with Crippen LogP contribution in [-0.2, 0) is 9.59 Å². The van der Waals surface area contributed by atoms with Crippen molar-refractivity contribution in [1.29, 1.82) is 0 Å². The average molecular weight is 292 g/mol. The number of carboxylic acid groups (broad SMARTS) is 1. The van der Waals surface area contributed by atoms with E-state index in [4.69, 9.17) is 9.84 Å². The van der Waals surface area contributed by atoms with Crippen molar-refractivity contribution < 1.29 is 19.4 Å². The summed E-state index contributed by atoms with van der Waals surface area (Å²) in [5.41, 5.74) is 0.962. The fourth-order valence-corrected chi connectivity index (χ4v) is 2.10. The van der Waals surface area contributed by atoms with Gasteiger partial charge in [-0.3, -0.25) is 9.59 Å². The Balaban J connectivity index is 2.04. The molecule has 1 aromatic rings. The molecular formula is C17H24O4. The Kier molecular flexibility index (Phi) is 8.17. The zero-order chi connectivity index (χ0) is 15.5. The predicted molar refractivity (Wildman–Crippen MR) is 81.4 cm³/mol. The van der Waals surface area contributed by atoms with E-state index in [2.05, 4.69) is 0 Å². The van der Waals surface area contributed by atoms with Crippen LogP contribution in [0.2, 0.25) is 0 Å². The number of carbonyl (C=O) groups excluding carboxylic acids is 1. The zero-order valence-electron chi connectivity index (χ0n) is 12.6. The normalized spacial score (nSPS) is 10.3. The maximum atomic E-state index is 11.7. The van der Waals surface area contributed by atoms with Gasteiger partial charge < -0.3 is 9.84 Å². The molecule has 0 aliphatic carbocycles. The van der Waals surface area contributed by atoms with Gasteiger partial charge in [0.2, 0.25) is 0 Å². The van der Waals surface area contributed by atoms with Crippen molar-refractivity contribution in [3.8, 4) is 5.75 Å². The van der Waals surface area contributed by atoms with E-state index in [-0.39, 0.29) is 12.4 Å². The molecule has 0 radical (unpaired) electrons. The monoisotopic (exact) mass is 292 g/mol. The first-order chi connectivity index (χ1) is 10.1. The van der Waals surface area contributed by atoms with Crippen LogP contribution in [0, 0.1) is 6.92 Å². The highest BCUT2D eigenvalue weighted by Gasteiger charge is 2.06. The smallest absolute Gasteiger partial charge is 0.311 e. The summed E-state index contributed by atoms with van der Waals surface area (Å²) in [7, 11) is 0. The van der Waals surface area contributed by atoms with E-state index in [1.807, 2.05) is 25.1 Å². The number of hydrogen-bond acceptors (Lipinski definition) is 3. The van der Waals surface area contributed by atoms with E-state index < -0.39 is 5.97 Å². The van der Waals surface area contributed by atoms with Gasteiger partial charge in [0.1, 0.15) is 5.75 Å². The van der Waals surface area contributed by atoms with Crippen LogP contribution >= 0.6 is 0 Å². The summed E-state index contributed by atoms with van der Waals surface area (Å²) in [5.74, 6) is -0.278. The van der Waals surface area contributed by atoms with Crippen LogP contribution in [0.3, 0.4) is 0 Å². The Bertz CT molecular complexity index is 454. The molecule has 0 saturated heterocycles. The first-order valence-electron chi connectivity index (χ1n) is 7.57. The number of unbranched alkanes of at least 4 members (excludes halogenated alkanes) is 5. The lowest BCUT2D eigenvalue weighted by Gasteiger charge is -2.06. The molecule has 0 spiro atoms. The number of benzene rings is 1. The molecule has 0 aliphatic heterocycles. The number of ether oxygens (including phenoxy) is 1. The van der Waals surface area contributed by atoms with Crippen molar-refractivity contribution in [2.45, 2.75) is 58.3 Å². The van der Waals surface area contributed by atoms with Crippen LogP contribution in [0.25, 0.3) is 0 Å². The molecule has 0 fully saturated rings.